The van der Waals surface area contributed by atoms with E-state index in [1.165, 1.54) is 0 Å². The van der Waals surface area contributed by atoms with Crippen LogP contribution < -0.4 is 0 Å². The van der Waals surface area contributed by atoms with Crippen LogP contribution in [0.4, 0.5) is 0 Å². The molecule has 1 aromatic carbocycles. The zero-order valence-electron chi connectivity index (χ0n) is 12.8. The lowest BCUT2D eigenvalue weighted by molar-refractivity contribution is -0.148. The number of rotatable bonds is 7. The van der Waals surface area contributed by atoms with Crippen LogP contribution in [0.1, 0.15) is 37.6 Å². The first-order valence-electron chi connectivity index (χ1n) is 7.31. The number of aliphatic hydroxyl groups excluding tert-OH is 1. The van der Waals surface area contributed by atoms with E-state index in [9.17, 15) is 9.90 Å². The summed E-state index contributed by atoms with van der Waals surface area (Å²) < 4.78 is 10.1. The Labute approximate surface area is 129 Å². The Morgan fingerprint density at radius 3 is 2.77 bits per heavy atom. The van der Waals surface area contributed by atoms with E-state index in [-0.39, 0.29) is 18.9 Å². The minimum absolute atomic E-state index is 0.0210. The Bertz CT molecular complexity index is 607. The molecule has 0 saturated heterocycles. The van der Waals surface area contributed by atoms with Crippen LogP contribution >= 0.6 is 0 Å². The lowest BCUT2D eigenvalue weighted by atomic mass is 10.1. The zero-order chi connectivity index (χ0) is 15.9. The molecule has 0 amide bonds. The third-order valence-electron chi connectivity index (χ3n) is 3.16. The van der Waals surface area contributed by atoms with Crippen LogP contribution in [0.25, 0.3) is 11.4 Å². The molecule has 0 unspecified atom stereocenters. The highest BCUT2D eigenvalue weighted by molar-refractivity contribution is 5.69. The van der Waals surface area contributed by atoms with Gasteiger partial charge in [-0.2, -0.15) is 4.98 Å². The maximum atomic E-state index is 11.5. The number of hydrogen-bond acceptors (Lipinski definition) is 6. The summed E-state index contributed by atoms with van der Waals surface area (Å²) in [7, 11) is 0. The summed E-state index contributed by atoms with van der Waals surface area (Å²) in [5.74, 6) is 0.210. The molecule has 22 heavy (non-hydrogen) atoms. The minimum Gasteiger partial charge on any atom is -0.455 e. The molecule has 2 rings (SSSR count). The Balaban J connectivity index is 1.87. The van der Waals surface area contributed by atoms with Gasteiger partial charge in [-0.25, -0.2) is 0 Å². The number of aromatic nitrogens is 2. The molecule has 6 heteroatoms. The Morgan fingerprint density at radius 1 is 1.36 bits per heavy atom. The van der Waals surface area contributed by atoms with Crippen molar-refractivity contribution < 1.29 is 19.2 Å². The molecule has 0 bridgehead atoms. The van der Waals surface area contributed by atoms with Crippen LogP contribution in [0.3, 0.4) is 0 Å². The number of carbonyl (C=O) groups excluding carboxylic acids is 1. The molecule has 0 saturated carbocycles. The van der Waals surface area contributed by atoms with Crippen molar-refractivity contribution >= 4 is 5.97 Å². The van der Waals surface area contributed by atoms with Gasteiger partial charge in [0.05, 0.1) is 12.5 Å². The number of esters is 1. The quantitative estimate of drug-likeness (QED) is 0.791. The minimum atomic E-state index is -0.664. The molecule has 1 N–H and O–H groups in total. The summed E-state index contributed by atoms with van der Waals surface area (Å²) >= 11 is 0. The second kappa shape index (κ2) is 7.70. The average molecular weight is 304 g/mol. The number of benzene rings is 1. The van der Waals surface area contributed by atoms with Gasteiger partial charge in [0.25, 0.3) is 5.89 Å². The average Bonchev–Trinajstić information content (AvgIpc) is 2.95. The monoisotopic (exact) mass is 304 g/mol. The largest absolute Gasteiger partial charge is 0.455 e. The summed E-state index contributed by atoms with van der Waals surface area (Å²) in [6.07, 6.45) is 0.709. The molecule has 2 aromatic rings. The first-order valence-corrected chi connectivity index (χ1v) is 7.31. The van der Waals surface area contributed by atoms with Gasteiger partial charge >= 0.3 is 5.97 Å². The normalized spacial score (nSPS) is 12.1. The fourth-order valence-electron chi connectivity index (χ4n) is 1.96. The van der Waals surface area contributed by atoms with E-state index in [1.54, 1.807) is 0 Å². The molecule has 6 nitrogen and oxygen atoms in total. The molecule has 0 aliphatic heterocycles. The molecule has 0 spiro atoms. The van der Waals surface area contributed by atoms with E-state index in [0.29, 0.717) is 12.2 Å². The van der Waals surface area contributed by atoms with Crippen molar-refractivity contribution in [3.8, 4) is 11.4 Å². The van der Waals surface area contributed by atoms with Crippen LogP contribution in [0.5, 0.6) is 0 Å². The van der Waals surface area contributed by atoms with Gasteiger partial charge in [-0.3, -0.25) is 4.79 Å². The van der Waals surface area contributed by atoms with Crippen molar-refractivity contribution in [2.24, 2.45) is 0 Å². The van der Waals surface area contributed by atoms with Crippen LogP contribution in [0, 0.1) is 6.92 Å². The van der Waals surface area contributed by atoms with Crippen molar-refractivity contribution in [3.63, 3.8) is 0 Å². The molecule has 1 aromatic heterocycles. The van der Waals surface area contributed by atoms with Crippen molar-refractivity contribution in [3.05, 3.63) is 35.7 Å². The van der Waals surface area contributed by atoms with Crippen LogP contribution in [0.15, 0.2) is 28.8 Å². The van der Waals surface area contributed by atoms with Gasteiger partial charge in [-0.05, 0) is 13.3 Å². The number of ether oxygens (including phenoxy) is 1. The Morgan fingerprint density at radius 2 is 2.09 bits per heavy atom. The summed E-state index contributed by atoms with van der Waals surface area (Å²) in [6.45, 7) is 3.86. The number of nitrogens with zero attached hydrogens (tertiary/aromatic N) is 2. The summed E-state index contributed by atoms with van der Waals surface area (Å²) in [5.41, 5.74) is 1.98. The molecular formula is C16H20N2O4. The Hall–Kier alpha value is -2.21. The predicted octanol–water partition coefficient (Wildman–Crippen LogP) is 2.64. The number of aryl methyl sites for hydroxylation is 1. The number of carbonyl (C=O) groups is 1. The highest BCUT2D eigenvalue weighted by Gasteiger charge is 2.14. The molecule has 118 valence electrons. The van der Waals surface area contributed by atoms with E-state index in [2.05, 4.69) is 10.1 Å². The molecular weight excluding hydrogens is 284 g/mol. The van der Waals surface area contributed by atoms with Crippen molar-refractivity contribution in [2.75, 3.05) is 0 Å². The van der Waals surface area contributed by atoms with Gasteiger partial charge in [-0.1, -0.05) is 48.3 Å². The van der Waals surface area contributed by atoms with Gasteiger partial charge in [0.2, 0.25) is 5.82 Å². The summed E-state index contributed by atoms with van der Waals surface area (Å²) in [5, 5.41) is 13.4. The van der Waals surface area contributed by atoms with Gasteiger partial charge in [-0.15, -0.1) is 0 Å². The van der Waals surface area contributed by atoms with Crippen LogP contribution in [-0.2, 0) is 16.1 Å². The third-order valence-corrected chi connectivity index (χ3v) is 3.16. The van der Waals surface area contributed by atoms with E-state index in [4.69, 9.17) is 9.26 Å². The van der Waals surface area contributed by atoms with Crippen molar-refractivity contribution in [1.29, 1.82) is 0 Å². The predicted molar refractivity (Wildman–Crippen MR) is 79.8 cm³/mol. The molecule has 0 aliphatic carbocycles. The van der Waals surface area contributed by atoms with Gasteiger partial charge in [0.1, 0.15) is 0 Å². The highest BCUT2D eigenvalue weighted by atomic mass is 16.6. The maximum absolute atomic E-state index is 11.5. The van der Waals surface area contributed by atoms with Gasteiger partial charge < -0.3 is 14.4 Å². The fraction of sp³-hybridized carbons (Fsp3) is 0.438. The maximum Gasteiger partial charge on any atom is 0.308 e. The standard InChI is InChI=1S/C16H20N2O4/c1-3-4-13(19)9-15(20)21-10-14-17-16(18-22-14)12-7-5-11(2)6-8-12/h5-8,13,19H,3-4,9-10H2,1-2H3/t13-/m0/s1. The second-order valence-corrected chi connectivity index (χ2v) is 5.19. The van der Waals surface area contributed by atoms with Gasteiger partial charge in [0, 0.05) is 5.56 Å². The Kier molecular flexibility index (Phi) is 5.66. The molecule has 1 heterocycles. The third kappa shape index (κ3) is 4.66. The molecule has 0 radical (unpaired) electrons. The smallest absolute Gasteiger partial charge is 0.308 e. The molecule has 0 fully saturated rings. The lowest BCUT2D eigenvalue weighted by Crippen LogP contribution is -2.15. The van der Waals surface area contributed by atoms with Crippen molar-refractivity contribution in [2.45, 2.75) is 45.8 Å². The topological polar surface area (TPSA) is 85.5 Å². The van der Waals surface area contributed by atoms with E-state index < -0.39 is 12.1 Å². The molecule has 0 aliphatic rings. The summed E-state index contributed by atoms with van der Waals surface area (Å²) in [4.78, 5) is 15.7. The van der Waals surface area contributed by atoms with E-state index >= 15 is 0 Å². The number of hydrogen-bond donors (Lipinski definition) is 1. The highest BCUT2D eigenvalue weighted by Crippen LogP contribution is 2.16. The first kappa shape index (κ1) is 16.2. The number of aliphatic hydroxyl groups is 1. The SMILES string of the molecule is CCC[C@H](O)CC(=O)OCc1nc(-c2ccc(C)cc2)no1. The molecule has 1 atom stereocenters. The first-order chi connectivity index (χ1) is 10.6. The van der Waals surface area contributed by atoms with Crippen LogP contribution in [-0.4, -0.2) is 27.3 Å². The van der Waals surface area contributed by atoms with E-state index in [0.717, 1.165) is 17.5 Å². The second-order valence-electron chi connectivity index (χ2n) is 5.19. The zero-order valence-corrected chi connectivity index (χ0v) is 12.8. The van der Waals surface area contributed by atoms with Crippen molar-refractivity contribution in [1.82, 2.24) is 10.1 Å². The van der Waals surface area contributed by atoms with Crippen LogP contribution in [0.2, 0.25) is 0 Å². The summed E-state index contributed by atoms with van der Waals surface area (Å²) in [6, 6.07) is 7.72. The van der Waals surface area contributed by atoms with Gasteiger partial charge in [0.15, 0.2) is 6.61 Å². The fourth-order valence-corrected chi connectivity index (χ4v) is 1.96. The lowest BCUT2D eigenvalue weighted by Gasteiger charge is -2.07. The van der Waals surface area contributed by atoms with E-state index in [1.807, 2.05) is 38.1 Å².